The Balaban J connectivity index is 1.96. The van der Waals surface area contributed by atoms with Crippen molar-refractivity contribution >= 4 is 21.6 Å². The minimum atomic E-state index is -3.92. The molecular formula is C23H29FN2O4S. The van der Waals surface area contributed by atoms with Crippen molar-refractivity contribution in [3.63, 3.8) is 0 Å². The maximum atomic E-state index is 14.5. The second-order valence-corrected chi connectivity index (χ2v) is 10.5. The van der Waals surface area contributed by atoms with Crippen LogP contribution in [0.4, 0.5) is 10.1 Å². The van der Waals surface area contributed by atoms with Crippen LogP contribution in [-0.4, -0.2) is 32.2 Å². The number of benzene rings is 2. The molecular weight excluding hydrogens is 419 g/mol. The van der Waals surface area contributed by atoms with Crippen LogP contribution in [-0.2, 0) is 14.8 Å². The zero-order valence-corrected chi connectivity index (χ0v) is 19.3. The monoisotopic (exact) mass is 448 g/mol. The van der Waals surface area contributed by atoms with E-state index < -0.39 is 33.4 Å². The van der Waals surface area contributed by atoms with Crippen LogP contribution in [0.5, 0.6) is 5.75 Å². The zero-order valence-electron chi connectivity index (χ0n) is 18.5. The molecule has 6 nitrogen and oxygen atoms in total. The first-order chi connectivity index (χ1) is 14.4. The first kappa shape index (κ1) is 23.1. The van der Waals surface area contributed by atoms with Gasteiger partial charge in [0.25, 0.3) is 0 Å². The molecule has 8 heteroatoms. The van der Waals surface area contributed by atoms with Crippen molar-refractivity contribution in [1.29, 1.82) is 0 Å². The molecule has 0 aromatic heterocycles. The maximum Gasteiger partial charge on any atom is 0.244 e. The minimum Gasteiger partial charge on any atom is -0.487 e. The summed E-state index contributed by atoms with van der Waals surface area (Å²) in [7, 11) is -3.92. The number of para-hydroxylation sites is 1. The molecule has 0 unspecified atom stereocenters. The smallest absolute Gasteiger partial charge is 0.244 e. The highest BCUT2D eigenvalue weighted by Gasteiger charge is 2.38. The Hall–Kier alpha value is -2.61. The first-order valence-corrected chi connectivity index (χ1v) is 12.1. The fraction of sp³-hybridized carbons (Fsp3) is 0.435. The SMILES string of the molecule is CC[C@@H](C(=O)N[C@@H]1CC(C)(C)Oc2cc(C)ccc21)N(c1ccccc1F)S(C)(=O)=O. The van der Waals surface area contributed by atoms with E-state index in [9.17, 15) is 17.6 Å². The summed E-state index contributed by atoms with van der Waals surface area (Å²) in [6, 6.07) is 9.89. The van der Waals surface area contributed by atoms with E-state index in [1.807, 2.05) is 39.0 Å². The molecule has 1 amide bonds. The quantitative estimate of drug-likeness (QED) is 0.722. The van der Waals surface area contributed by atoms with E-state index in [1.165, 1.54) is 18.2 Å². The van der Waals surface area contributed by atoms with Gasteiger partial charge in [0, 0.05) is 12.0 Å². The summed E-state index contributed by atoms with van der Waals surface area (Å²) < 4.78 is 46.6. The number of fused-ring (bicyclic) bond motifs is 1. The number of anilines is 1. The minimum absolute atomic E-state index is 0.143. The third-order valence-corrected chi connectivity index (χ3v) is 6.53. The van der Waals surface area contributed by atoms with Gasteiger partial charge in [-0.05, 0) is 51.0 Å². The summed E-state index contributed by atoms with van der Waals surface area (Å²) in [4.78, 5) is 13.3. The van der Waals surface area contributed by atoms with E-state index in [0.29, 0.717) is 12.2 Å². The van der Waals surface area contributed by atoms with Crippen LogP contribution in [0.2, 0.25) is 0 Å². The Morgan fingerprint density at radius 2 is 1.97 bits per heavy atom. The third kappa shape index (κ3) is 5.01. The molecule has 31 heavy (non-hydrogen) atoms. The molecule has 1 heterocycles. The van der Waals surface area contributed by atoms with Gasteiger partial charge in [-0.1, -0.05) is 31.2 Å². The van der Waals surface area contributed by atoms with Crippen LogP contribution in [0.3, 0.4) is 0 Å². The fourth-order valence-corrected chi connectivity index (χ4v) is 5.23. The number of hydrogen-bond acceptors (Lipinski definition) is 4. The van der Waals surface area contributed by atoms with Gasteiger partial charge >= 0.3 is 0 Å². The summed E-state index contributed by atoms with van der Waals surface area (Å²) in [6.07, 6.45) is 1.68. The zero-order chi connectivity index (χ0) is 23.0. The number of sulfonamides is 1. The van der Waals surface area contributed by atoms with E-state index in [1.54, 1.807) is 13.0 Å². The molecule has 1 aliphatic heterocycles. The van der Waals surface area contributed by atoms with Crippen molar-refractivity contribution in [3.8, 4) is 5.75 Å². The molecule has 0 aliphatic carbocycles. The molecule has 0 fully saturated rings. The van der Waals surface area contributed by atoms with Crippen molar-refractivity contribution in [2.24, 2.45) is 0 Å². The van der Waals surface area contributed by atoms with Gasteiger partial charge in [0.2, 0.25) is 15.9 Å². The molecule has 3 rings (SSSR count). The lowest BCUT2D eigenvalue weighted by Gasteiger charge is -2.39. The first-order valence-electron chi connectivity index (χ1n) is 10.3. The number of carbonyl (C=O) groups is 1. The molecule has 0 saturated carbocycles. The predicted octanol–water partition coefficient (Wildman–Crippen LogP) is 4.10. The number of halogens is 1. The highest BCUT2D eigenvalue weighted by molar-refractivity contribution is 7.92. The molecule has 2 atom stereocenters. The Kier molecular flexibility index (Phi) is 6.32. The Bertz CT molecular complexity index is 1080. The van der Waals surface area contributed by atoms with Gasteiger partial charge in [0.15, 0.2) is 0 Å². The molecule has 168 valence electrons. The molecule has 0 radical (unpaired) electrons. The Labute approximate surface area is 183 Å². The van der Waals surface area contributed by atoms with Crippen LogP contribution >= 0.6 is 0 Å². The number of ether oxygens (including phenoxy) is 1. The maximum absolute atomic E-state index is 14.5. The van der Waals surface area contributed by atoms with Crippen LogP contribution in [0.1, 0.15) is 50.8 Å². The lowest BCUT2D eigenvalue weighted by atomic mass is 9.89. The van der Waals surface area contributed by atoms with E-state index >= 15 is 0 Å². The summed E-state index contributed by atoms with van der Waals surface area (Å²) in [5, 5.41) is 3.00. The molecule has 2 aromatic carbocycles. The number of hydrogen-bond donors (Lipinski definition) is 1. The number of nitrogens with zero attached hydrogens (tertiary/aromatic N) is 1. The predicted molar refractivity (Wildman–Crippen MR) is 119 cm³/mol. The van der Waals surface area contributed by atoms with Gasteiger partial charge in [-0.3, -0.25) is 9.10 Å². The van der Waals surface area contributed by atoms with Crippen LogP contribution < -0.4 is 14.4 Å². The number of aryl methyl sites for hydroxylation is 1. The van der Waals surface area contributed by atoms with Gasteiger partial charge in [-0.15, -0.1) is 0 Å². The van der Waals surface area contributed by atoms with Crippen LogP contribution in [0.15, 0.2) is 42.5 Å². The van der Waals surface area contributed by atoms with Crippen molar-refractivity contribution in [2.45, 2.75) is 58.2 Å². The molecule has 0 bridgehead atoms. The molecule has 0 spiro atoms. The van der Waals surface area contributed by atoms with E-state index in [0.717, 1.165) is 21.7 Å². The lowest BCUT2D eigenvalue weighted by Crippen LogP contribution is -2.51. The summed E-state index contributed by atoms with van der Waals surface area (Å²) in [5.41, 5.74) is 1.22. The van der Waals surface area contributed by atoms with E-state index in [2.05, 4.69) is 5.32 Å². The van der Waals surface area contributed by atoms with Gasteiger partial charge in [-0.2, -0.15) is 0 Å². The number of nitrogens with one attached hydrogen (secondary N) is 1. The van der Waals surface area contributed by atoms with E-state index in [4.69, 9.17) is 4.74 Å². The number of carbonyl (C=O) groups excluding carboxylic acids is 1. The molecule has 0 saturated heterocycles. The van der Waals surface area contributed by atoms with E-state index in [-0.39, 0.29) is 18.2 Å². The largest absolute Gasteiger partial charge is 0.487 e. The van der Waals surface area contributed by atoms with Gasteiger partial charge < -0.3 is 10.1 Å². The summed E-state index contributed by atoms with van der Waals surface area (Å²) in [5.74, 6) is -0.485. The number of amides is 1. The second-order valence-electron chi connectivity index (χ2n) is 8.60. The van der Waals surface area contributed by atoms with Gasteiger partial charge in [-0.25, -0.2) is 12.8 Å². The summed E-state index contributed by atoms with van der Waals surface area (Å²) >= 11 is 0. The fourth-order valence-electron chi connectivity index (χ4n) is 4.02. The highest BCUT2D eigenvalue weighted by atomic mass is 32.2. The van der Waals surface area contributed by atoms with Crippen molar-refractivity contribution < 1.29 is 22.3 Å². The normalized spacial score (nSPS) is 18.5. The molecule has 2 aromatic rings. The van der Waals surface area contributed by atoms with Crippen LogP contribution in [0.25, 0.3) is 0 Å². The lowest BCUT2D eigenvalue weighted by molar-refractivity contribution is -0.123. The van der Waals surface area contributed by atoms with Crippen molar-refractivity contribution in [3.05, 3.63) is 59.4 Å². The van der Waals surface area contributed by atoms with Gasteiger partial charge in [0.1, 0.15) is 23.2 Å². The molecule has 1 N–H and O–H groups in total. The highest BCUT2D eigenvalue weighted by Crippen LogP contribution is 2.40. The molecule has 1 aliphatic rings. The van der Waals surface area contributed by atoms with Gasteiger partial charge in [0.05, 0.1) is 18.0 Å². The average Bonchev–Trinajstić information content (AvgIpc) is 2.64. The number of rotatable bonds is 6. The summed E-state index contributed by atoms with van der Waals surface area (Å²) in [6.45, 7) is 7.55. The Morgan fingerprint density at radius 1 is 1.29 bits per heavy atom. The topological polar surface area (TPSA) is 75.7 Å². The average molecular weight is 449 g/mol. The van der Waals surface area contributed by atoms with Crippen LogP contribution in [0, 0.1) is 12.7 Å². The van der Waals surface area contributed by atoms with Crippen molar-refractivity contribution in [2.75, 3.05) is 10.6 Å². The second kappa shape index (κ2) is 8.49. The third-order valence-electron chi connectivity index (χ3n) is 5.36. The Morgan fingerprint density at radius 3 is 2.58 bits per heavy atom. The standard InChI is InChI=1S/C23H29FN2O4S/c1-6-19(26(31(5,28)29)20-10-8-7-9-17(20)24)22(27)25-18-14-23(3,4)30-21-13-15(2)11-12-16(18)21/h7-13,18-19H,6,14H2,1-5H3,(H,25,27)/t18-,19+/m1/s1. The van der Waals surface area contributed by atoms with Crippen molar-refractivity contribution in [1.82, 2.24) is 5.32 Å².